The normalized spacial score (nSPS) is 10.3. The van der Waals surface area contributed by atoms with Gasteiger partial charge in [-0.2, -0.15) is 15.0 Å². The Morgan fingerprint density at radius 2 is 1.86 bits per heavy atom. The van der Waals surface area contributed by atoms with Crippen molar-refractivity contribution in [1.82, 2.24) is 15.0 Å². The van der Waals surface area contributed by atoms with Crippen LogP contribution in [0, 0.1) is 6.92 Å². The summed E-state index contributed by atoms with van der Waals surface area (Å²) >= 11 is 0. The minimum absolute atomic E-state index is 0.0149. The van der Waals surface area contributed by atoms with Gasteiger partial charge in [0, 0.05) is 5.56 Å². The Kier molecular flexibility index (Phi) is 4.72. The van der Waals surface area contributed by atoms with E-state index in [-0.39, 0.29) is 30.7 Å². The predicted molar refractivity (Wildman–Crippen MR) is 79.9 cm³/mol. The highest BCUT2D eigenvalue weighted by Crippen LogP contribution is 2.20. The average molecular weight is 303 g/mol. The number of hydrogen-bond donors (Lipinski definition) is 2. The molecule has 0 aliphatic carbocycles. The van der Waals surface area contributed by atoms with Crippen molar-refractivity contribution in [2.75, 3.05) is 18.6 Å². The Hall–Kier alpha value is -2.90. The number of aryl methyl sites for hydroxylation is 1. The van der Waals surface area contributed by atoms with Gasteiger partial charge in [0.05, 0.1) is 13.5 Å². The third-order valence-electron chi connectivity index (χ3n) is 2.85. The number of methoxy groups -OCH3 is 1. The molecule has 0 bridgehead atoms. The van der Waals surface area contributed by atoms with Crippen LogP contribution in [0.2, 0.25) is 0 Å². The molecule has 0 aliphatic rings. The van der Waals surface area contributed by atoms with Crippen LogP contribution in [0.3, 0.4) is 0 Å². The number of nitrogen functional groups attached to an aromatic ring is 2. The Morgan fingerprint density at radius 3 is 2.50 bits per heavy atom. The van der Waals surface area contributed by atoms with Gasteiger partial charge in [-0.1, -0.05) is 17.7 Å². The van der Waals surface area contributed by atoms with Gasteiger partial charge in [-0.15, -0.1) is 0 Å². The van der Waals surface area contributed by atoms with Gasteiger partial charge in [-0.05, 0) is 13.0 Å². The lowest BCUT2D eigenvalue weighted by Gasteiger charge is -2.09. The van der Waals surface area contributed by atoms with E-state index in [4.69, 9.17) is 20.9 Å². The van der Waals surface area contributed by atoms with E-state index in [1.54, 1.807) is 7.11 Å². The smallest absolute Gasteiger partial charge is 0.310 e. The van der Waals surface area contributed by atoms with Crippen molar-refractivity contribution >= 4 is 17.9 Å². The molecule has 0 spiro atoms. The molecule has 22 heavy (non-hydrogen) atoms. The molecule has 0 atom stereocenters. The first-order chi connectivity index (χ1) is 10.5. The summed E-state index contributed by atoms with van der Waals surface area (Å²) in [6, 6.07) is 5.59. The summed E-state index contributed by atoms with van der Waals surface area (Å²) < 4.78 is 10.3. The van der Waals surface area contributed by atoms with Crippen LogP contribution >= 0.6 is 0 Å². The highest BCUT2D eigenvalue weighted by molar-refractivity contribution is 5.73. The number of carbonyl (C=O) groups excluding carboxylic acids is 1. The van der Waals surface area contributed by atoms with Gasteiger partial charge in [-0.25, -0.2) is 0 Å². The van der Waals surface area contributed by atoms with Crippen molar-refractivity contribution in [3.63, 3.8) is 0 Å². The minimum Gasteiger partial charge on any atom is -0.496 e. The first-order valence-corrected chi connectivity index (χ1v) is 6.53. The molecule has 1 aromatic carbocycles. The van der Waals surface area contributed by atoms with E-state index in [1.807, 2.05) is 25.1 Å². The Morgan fingerprint density at radius 1 is 1.18 bits per heavy atom. The quantitative estimate of drug-likeness (QED) is 0.770. The number of ether oxygens (including phenoxy) is 2. The fraction of sp³-hybridized carbons (Fsp3) is 0.286. The van der Waals surface area contributed by atoms with Gasteiger partial charge in [0.25, 0.3) is 0 Å². The van der Waals surface area contributed by atoms with Gasteiger partial charge < -0.3 is 20.9 Å². The second-order valence-corrected chi connectivity index (χ2v) is 4.62. The first-order valence-electron chi connectivity index (χ1n) is 6.53. The maximum absolute atomic E-state index is 11.9. The third kappa shape index (κ3) is 4.05. The molecule has 1 aromatic heterocycles. The van der Waals surface area contributed by atoms with Crippen LogP contribution in [-0.2, 0) is 22.6 Å². The predicted octanol–water partition coefficient (Wildman–Crippen LogP) is 0.639. The van der Waals surface area contributed by atoms with Crippen LogP contribution in [-0.4, -0.2) is 28.0 Å². The zero-order chi connectivity index (χ0) is 16.1. The Bertz CT molecular complexity index is 670. The van der Waals surface area contributed by atoms with Crippen LogP contribution in [0.4, 0.5) is 11.9 Å². The number of nitrogens with zero attached hydrogens (tertiary/aromatic N) is 3. The van der Waals surface area contributed by atoms with Crippen molar-refractivity contribution in [2.45, 2.75) is 20.0 Å². The Balaban J connectivity index is 2.00. The molecule has 8 heteroatoms. The summed E-state index contributed by atoms with van der Waals surface area (Å²) in [5.41, 5.74) is 12.7. The lowest BCUT2D eigenvalue weighted by atomic mass is 10.1. The number of anilines is 2. The zero-order valence-corrected chi connectivity index (χ0v) is 12.4. The second kappa shape index (κ2) is 6.70. The van der Waals surface area contributed by atoms with Crippen LogP contribution in [0.5, 0.6) is 5.75 Å². The number of nitrogens with two attached hydrogens (primary N) is 2. The molecule has 0 amide bonds. The highest BCUT2D eigenvalue weighted by atomic mass is 16.5. The number of esters is 1. The summed E-state index contributed by atoms with van der Waals surface area (Å²) in [6.07, 6.45) is 0.0842. The fourth-order valence-corrected chi connectivity index (χ4v) is 1.92. The monoisotopic (exact) mass is 303 g/mol. The molecule has 1 heterocycles. The lowest BCUT2D eigenvalue weighted by molar-refractivity contribution is -0.144. The molecule has 0 fully saturated rings. The van der Waals surface area contributed by atoms with Gasteiger partial charge >= 0.3 is 5.97 Å². The van der Waals surface area contributed by atoms with Crippen LogP contribution in [0.15, 0.2) is 18.2 Å². The van der Waals surface area contributed by atoms with E-state index in [0.29, 0.717) is 5.75 Å². The topological polar surface area (TPSA) is 126 Å². The number of benzene rings is 1. The van der Waals surface area contributed by atoms with Crippen LogP contribution in [0.25, 0.3) is 0 Å². The maximum Gasteiger partial charge on any atom is 0.310 e. The molecular formula is C14H17N5O3. The fourth-order valence-electron chi connectivity index (χ4n) is 1.92. The van der Waals surface area contributed by atoms with Crippen molar-refractivity contribution in [2.24, 2.45) is 0 Å². The van der Waals surface area contributed by atoms with E-state index in [0.717, 1.165) is 11.1 Å². The van der Waals surface area contributed by atoms with Gasteiger partial charge in [0.2, 0.25) is 11.9 Å². The number of hydrogen-bond acceptors (Lipinski definition) is 8. The zero-order valence-electron chi connectivity index (χ0n) is 12.4. The number of aromatic nitrogens is 3. The van der Waals surface area contributed by atoms with E-state index in [9.17, 15) is 4.79 Å². The molecule has 4 N–H and O–H groups in total. The van der Waals surface area contributed by atoms with Gasteiger partial charge in [0.15, 0.2) is 12.4 Å². The van der Waals surface area contributed by atoms with Gasteiger partial charge in [-0.3, -0.25) is 4.79 Å². The molecule has 0 radical (unpaired) electrons. The second-order valence-electron chi connectivity index (χ2n) is 4.62. The SMILES string of the molecule is COc1ccc(C)cc1CC(=O)OCc1nc(N)nc(N)n1. The summed E-state index contributed by atoms with van der Waals surface area (Å²) in [5.74, 6) is 0.380. The number of rotatable bonds is 5. The van der Waals surface area contributed by atoms with E-state index < -0.39 is 5.97 Å². The number of carbonyl (C=O) groups is 1. The summed E-state index contributed by atoms with van der Waals surface area (Å²) in [5, 5.41) is 0. The first kappa shape index (κ1) is 15.5. The van der Waals surface area contributed by atoms with Gasteiger partial charge in [0.1, 0.15) is 5.75 Å². The van der Waals surface area contributed by atoms with Crippen molar-refractivity contribution in [3.8, 4) is 5.75 Å². The largest absolute Gasteiger partial charge is 0.496 e. The van der Waals surface area contributed by atoms with Crippen molar-refractivity contribution in [3.05, 3.63) is 35.2 Å². The third-order valence-corrected chi connectivity index (χ3v) is 2.85. The minimum atomic E-state index is -0.429. The standard InChI is InChI=1S/C14H17N5O3/c1-8-3-4-10(21-2)9(5-8)6-12(20)22-7-11-17-13(15)19-14(16)18-11/h3-5H,6-7H2,1-2H3,(H4,15,16,17,18,19). The highest BCUT2D eigenvalue weighted by Gasteiger charge is 2.12. The van der Waals surface area contributed by atoms with E-state index in [1.165, 1.54) is 0 Å². The van der Waals surface area contributed by atoms with Crippen LogP contribution in [0.1, 0.15) is 17.0 Å². The molecule has 2 aromatic rings. The molecule has 0 saturated carbocycles. The summed E-state index contributed by atoms with van der Waals surface area (Å²) in [6.45, 7) is 1.81. The van der Waals surface area contributed by atoms with Crippen LogP contribution < -0.4 is 16.2 Å². The molecule has 0 saturated heterocycles. The maximum atomic E-state index is 11.9. The average Bonchev–Trinajstić information content (AvgIpc) is 2.44. The van der Waals surface area contributed by atoms with Crippen molar-refractivity contribution < 1.29 is 14.3 Å². The molecule has 116 valence electrons. The Labute approximate surface area is 127 Å². The summed E-state index contributed by atoms with van der Waals surface area (Å²) in [7, 11) is 1.55. The summed E-state index contributed by atoms with van der Waals surface area (Å²) in [4.78, 5) is 23.2. The van der Waals surface area contributed by atoms with E-state index in [2.05, 4.69) is 15.0 Å². The molecule has 8 nitrogen and oxygen atoms in total. The molecule has 0 aliphatic heterocycles. The lowest BCUT2D eigenvalue weighted by Crippen LogP contribution is -2.12. The molecule has 2 rings (SSSR count). The van der Waals surface area contributed by atoms with E-state index >= 15 is 0 Å². The molecular weight excluding hydrogens is 286 g/mol. The van der Waals surface area contributed by atoms with Crippen molar-refractivity contribution in [1.29, 1.82) is 0 Å². The molecule has 0 unspecified atom stereocenters.